The van der Waals surface area contributed by atoms with Crippen LogP contribution in [0.25, 0.3) is 27.7 Å². The molecule has 0 aliphatic rings. The Balaban J connectivity index is 1.90. The second-order valence-electron chi connectivity index (χ2n) is 6.35. The van der Waals surface area contributed by atoms with Gasteiger partial charge in [0.25, 0.3) is 0 Å². The molecule has 1 heterocycles. The Hall–Kier alpha value is -3.19. The Morgan fingerprint density at radius 3 is 2.50 bits per heavy atom. The lowest BCUT2D eigenvalue weighted by molar-refractivity contribution is 0.420. The maximum absolute atomic E-state index is 10.3. The summed E-state index contributed by atoms with van der Waals surface area (Å²) in [5, 5.41) is 31.5. The molecule has 0 aliphatic heterocycles. The summed E-state index contributed by atoms with van der Waals surface area (Å²) in [6.07, 6.45) is 0.615. The van der Waals surface area contributed by atoms with E-state index < -0.39 is 0 Å². The van der Waals surface area contributed by atoms with Gasteiger partial charge in [0.15, 0.2) is 0 Å². The van der Waals surface area contributed by atoms with Crippen molar-refractivity contribution in [3.8, 4) is 34.2 Å². The van der Waals surface area contributed by atoms with Crippen molar-refractivity contribution in [2.45, 2.75) is 18.4 Å². The lowest BCUT2D eigenvalue weighted by Crippen LogP contribution is -2.00. The second kappa shape index (κ2) is 7.09. The third-order valence-electron chi connectivity index (χ3n) is 4.73. The van der Waals surface area contributed by atoms with Crippen molar-refractivity contribution in [3.63, 3.8) is 0 Å². The van der Waals surface area contributed by atoms with E-state index in [1.54, 1.807) is 13.2 Å². The molecule has 0 saturated carbocycles. The van der Waals surface area contributed by atoms with E-state index in [-0.39, 0.29) is 11.5 Å². The monoisotopic (exact) mass is 393 g/mol. The highest BCUT2D eigenvalue weighted by Crippen LogP contribution is 2.36. The van der Waals surface area contributed by atoms with Crippen LogP contribution in [0.1, 0.15) is 12.5 Å². The number of aryl methyl sites for hydroxylation is 1. The summed E-state index contributed by atoms with van der Waals surface area (Å²) < 4.78 is 5.46. The Kier molecular flexibility index (Phi) is 4.60. The molecule has 0 amide bonds. The van der Waals surface area contributed by atoms with Gasteiger partial charge in [0.1, 0.15) is 33.7 Å². The van der Waals surface area contributed by atoms with Crippen molar-refractivity contribution in [2.75, 3.05) is 7.11 Å². The Morgan fingerprint density at radius 1 is 1.00 bits per heavy atom. The number of phenolic OH excluding ortho intramolecular Hbond substituents is 2. The molecule has 0 radical (unpaired) electrons. The summed E-state index contributed by atoms with van der Waals surface area (Å²) in [5.41, 5.74) is 2.53. The molecular formula is C21H19N3O3S. The standard InChI is InChI=1S/C21H19N3O3S/c1-3-12-10-16(18(26)11-17(12)25)24-22-20(21(28)23-24)15-8-4-7-14-13(15)6-5-9-19(14)27-2/h4-11,25-26H,3H2,1-2H3,(H,23,28). The highest BCUT2D eigenvalue weighted by molar-refractivity contribution is 7.80. The maximum Gasteiger partial charge on any atom is 0.146 e. The fourth-order valence-corrected chi connectivity index (χ4v) is 3.55. The average Bonchev–Trinajstić information content (AvgIpc) is 3.08. The van der Waals surface area contributed by atoms with Gasteiger partial charge in [0.05, 0.1) is 7.11 Å². The fourth-order valence-electron chi connectivity index (χ4n) is 3.30. The first-order valence-corrected chi connectivity index (χ1v) is 9.25. The number of aromatic nitrogens is 3. The number of thiol groups is 1. The minimum Gasteiger partial charge on any atom is -0.508 e. The molecule has 6 nitrogen and oxygen atoms in total. The summed E-state index contributed by atoms with van der Waals surface area (Å²) in [4.78, 5) is 1.34. The zero-order chi connectivity index (χ0) is 19.8. The van der Waals surface area contributed by atoms with Gasteiger partial charge in [-0.3, -0.25) is 0 Å². The maximum atomic E-state index is 10.3. The van der Waals surface area contributed by atoms with Crippen LogP contribution in [0.15, 0.2) is 53.6 Å². The summed E-state index contributed by atoms with van der Waals surface area (Å²) in [7, 11) is 1.64. The van der Waals surface area contributed by atoms with E-state index in [0.717, 1.165) is 22.1 Å². The molecule has 4 rings (SSSR count). The minimum absolute atomic E-state index is 0.0448. The number of benzene rings is 3. The predicted octanol–water partition coefficient (Wildman–Crippen LogP) is 4.36. The van der Waals surface area contributed by atoms with E-state index in [0.29, 0.717) is 28.4 Å². The van der Waals surface area contributed by atoms with E-state index in [1.807, 2.05) is 43.3 Å². The van der Waals surface area contributed by atoms with Crippen molar-refractivity contribution in [3.05, 3.63) is 54.1 Å². The van der Waals surface area contributed by atoms with Crippen LogP contribution in [0.2, 0.25) is 0 Å². The number of hydrogen-bond donors (Lipinski definition) is 3. The number of hydrogen-bond acceptors (Lipinski definition) is 6. The van der Waals surface area contributed by atoms with E-state index in [9.17, 15) is 10.2 Å². The van der Waals surface area contributed by atoms with Crippen molar-refractivity contribution in [2.24, 2.45) is 0 Å². The molecule has 28 heavy (non-hydrogen) atoms. The highest BCUT2D eigenvalue weighted by Gasteiger charge is 2.18. The number of nitrogens with zero attached hydrogens (tertiary/aromatic N) is 3. The molecule has 0 spiro atoms. The Bertz CT molecular complexity index is 1190. The van der Waals surface area contributed by atoms with Crippen LogP contribution in [-0.2, 0) is 6.42 Å². The molecule has 0 fully saturated rings. The molecule has 142 valence electrons. The SMILES string of the molecule is CCc1cc(-n2nc(S)c(-c3cccc4c(OC)cccc34)n2)c(O)cc1O. The fraction of sp³-hybridized carbons (Fsp3) is 0.143. The van der Waals surface area contributed by atoms with Crippen molar-refractivity contribution >= 4 is 23.4 Å². The van der Waals surface area contributed by atoms with Crippen molar-refractivity contribution in [1.82, 2.24) is 15.0 Å². The first-order valence-electron chi connectivity index (χ1n) is 8.81. The Labute approximate surface area is 167 Å². The molecule has 7 heteroatoms. The smallest absolute Gasteiger partial charge is 0.146 e. The van der Waals surface area contributed by atoms with Gasteiger partial charge in [-0.25, -0.2) is 0 Å². The van der Waals surface area contributed by atoms with Gasteiger partial charge in [-0.15, -0.1) is 27.6 Å². The van der Waals surface area contributed by atoms with E-state index in [1.165, 1.54) is 10.9 Å². The molecule has 0 aliphatic carbocycles. The molecule has 0 bridgehead atoms. The first-order chi connectivity index (χ1) is 13.5. The lowest BCUT2D eigenvalue weighted by atomic mass is 10.0. The average molecular weight is 393 g/mol. The molecule has 1 aromatic heterocycles. The van der Waals surface area contributed by atoms with Gasteiger partial charge in [-0.05, 0) is 29.5 Å². The van der Waals surface area contributed by atoms with E-state index in [2.05, 4.69) is 22.8 Å². The molecule has 0 saturated heterocycles. The molecule has 0 atom stereocenters. The minimum atomic E-state index is -0.107. The van der Waals surface area contributed by atoms with Crippen LogP contribution >= 0.6 is 12.6 Å². The Morgan fingerprint density at radius 2 is 1.75 bits per heavy atom. The third-order valence-corrected chi connectivity index (χ3v) is 5.03. The topological polar surface area (TPSA) is 80.4 Å². The number of aromatic hydroxyl groups is 2. The van der Waals surface area contributed by atoms with E-state index in [4.69, 9.17) is 4.74 Å². The summed E-state index contributed by atoms with van der Waals surface area (Å²) in [6.45, 7) is 1.92. The van der Waals surface area contributed by atoms with E-state index >= 15 is 0 Å². The van der Waals surface area contributed by atoms with Gasteiger partial charge in [0.2, 0.25) is 0 Å². The lowest BCUT2D eigenvalue weighted by Gasteiger charge is -2.09. The zero-order valence-corrected chi connectivity index (χ0v) is 16.3. The number of phenols is 2. The van der Waals surface area contributed by atoms with Gasteiger partial charge in [-0.1, -0.05) is 37.3 Å². The second-order valence-corrected chi connectivity index (χ2v) is 6.77. The summed E-state index contributed by atoms with van der Waals surface area (Å²) >= 11 is 4.50. The first kappa shape index (κ1) is 18.2. The van der Waals surface area contributed by atoms with Crippen LogP contribution in [0.3, 0.4) is 0 Å². The van der Waals surface area contributed by atoms with Crippen molar-refractivity contribution in [1.29, 1.82) is 0 Å². The van der Waals surface area contributed by atoms with Crippen LogP contribution in [-0.4, -0.2) is 32.3 Å². The molecule has 2 N–H and O–H groups in total. The number of ether oxygens (including phenoxy) is 1. The van der Waals surface area contributed by atoms with Crippen LogP contribution in [0, 0.1) is 0 Å². The summed E-state index contributed by atoms with van der Waals surface area (Å²) in [6, 6.07) is 14.7. The van der Waals surface area contributed by atoms with Crippen LogP contribution in [0.5, 0.6) is 17.2 Å². The number of fused-ring (bicyclic) bond motifs is 1. The van der Waals surface area contributed by atoms with Crippen molar-refractivity contribution < 1.29 is 14.9 Å². The van der Waals surface area contributed by atoms with Gasteiger partial charge < -0.3 is 14.9 Å². The molecule has 4 aromatic rings. The van der Waals surface area contributed by atoms with Gasteiger partial charge in [-0.2, -0.15) is 0 Å². The predicted molar refractivity (Wildman–Crippen MR) is 111 cm³/mol. The molecular weight excluding hydrogens is 374 g/mol. The normalized spacial score (nSPS) is 11.1. The quantitative estimate of drug-likeness (QED) is 0.449. The third kappa shape index (κ3) is 2.93. The molecule has 0 unspecified atom stereocenters. The zero-order valence-electron chi connectivity index (χ0n) is 15.4. The van der Waals surface area contributed by atoms with Gasteiger partial charge >= 0.3 is 0 Å². The number of rotatable bonds is 4. The van der Waals surface area contributed by atoms with Gasteiger partial charge in [0, 0.05) is 17.0 Å². The molecule has 3 aromatic carbocycles. The summed E-state index contributed by atoms with van der Waals surface area (Å²) in [5.74, 6) is 0.712. The van der Waals surface area contributed by atoms with Crippen LogP contribution in [0.4, 0.5) is 0 Å². The number of methoxy groups -OCH3 is 1. The van der Waals surface area contributed by atoms with Crippen LogP contribution < -0.4 is 4.74 Å². The highest BCUT2D eigenvalue weighted by atomic mass is 32.1. The largest absolute Gasteiger partial charge is 0.508 e.